The predicted octanol–water partition coefficient (Wildman–Crippen LogP) is 2.32. The third-order valence-electron chi connectivity index (χ3n) is 2.98. The second-order valence-electron chi connectivity index (χ2n) is 4.38. The standard InChI is InChI=1S/C13H15N5/c1-4-11-14-5-6-18(11)13-10-7-8(2)15-12(10)16-9(3)17-13/h5-7H,4H2,1-3H3,(H,15,16,17). The van der Waals surface area contributed by atoms with E-state index in [1.807, 2.05) is 30.8 Å². The van der Waals surface area contributed by atoms with Crippen molar-refractivity contribution in [3.05, 3.63) is 35.8 Å². The maximum absolute atomic E-state index is 4.56. The lowest BCUT2D eigenvalue weighted by Crippen LogP contribution is -2.04. The average Bonchev–Trinajstić information content (AvgIpc) is 2.92. The number of rotatable bonds is 2. The van der Waals surface area contributed by atoms with E-state index < -0.39 is 0 Å². The van der Waals surface area contributed by atoms with E-state index in [9.17, 15) is 0 Å². The molecule has 0 amide bonds. The summed E-state index contributed by atoms with van der Waals surface area (Å²) >= 11 is 0. The van der Waals surface area contributed by atoms with Gasteiger partial charge in [0.15, 0.2) is 5.82 Å². The van der Waals surface area contributed by atoms with E-state index in [1.165, 1.54) is 0 Å². The number of aromatic nitrogens is 5. The molecule has 18 heavy (non-hydrogen) atoms. The molecule has 5 nitrogen and oxygen atoms in total. The van der Waals surface area contributed by atoms with Crippen molar-refractivity contribution in [2.45, 2.75) is 27.2 Å². The molecule has 0 atom stereocenters. The van der Waals surface area contributed by atoms with Crippen molar-refractivity contribution in [1.29, 1.82) is 0 Å². The van der Waals surface area contributed by atoms with Crippen molar-refractivity contribution in [1.82, 2.24) is 24.5 Å². The Morgan fingerprint density at radius 2 is 2.11 bits per heavy atom. The monoisotopic (exact) mass is 241 g/mol. The molecule has 0 aliphatic carbocycles. The molecule has 0 aromatic carbocycles. The van der Waals surface area contributed by atoms with Gasteiger partial charge in [-0.1, -0.05) is 6.92 Å². The molecule has 0 aliphatic heterocycles. The van der Waals surface area contributed by atoms with Crippen molar-refractivity contribution in [3.8, 4) is 5.82 Å². The Morgan fingerprint density at radius 3 is 2.89 bits per heavy atom. The molecule has 1 N–H and O–H groups in total. The first-order valence-electron chi connectivity index (χ1n) is 6.05. The minimum atomic E-state index is 0.759. The van der Waals surface area contributed by atoms with Crippen LogP contribution in [0.2, 0.25) is 0 Å². The summed E-state index contributed by atoms with van der Waals surface area (Å²) in [5.74, 6) is 2.67. The van der Waals surface area contributed by atoms with E-state index >= 15 is 0 Å². The first-order valence-corrected chi connectivity index (χ1v) is 6.05. The van der Waals surface area contributed by atoms with Crippen LogP contribution in [0.1, 0.15) is 24.3 Å². The maximum Gasteiger partial charge on any atom is 0.151 e. The zero-order valence-corrected chi connectivity index (χ0v) is 10.7. The summed E-state index contributed by atoms with van der Waals surface area (Å²) in [5.41, 5.74) is 1.97. The van der Waals surface area contributed by atoms with Gasteiger partial charge in [0.1, 0.15) is 17.3 Å². The Balaban J connectivity index is 2.34. The number of aryl methyl sites for hydroxylation is 3. The fraction of sp³-hybridized carbons (Fsp3) is 0.308. The minimum Gasteiger partial charge on any atom is -0.343 e. The van der Waals surface area contributed by atoms with Crippen LogP contribution in [0.4, 0.5) is 0 Å². The zero-order chi connectivity index (χ0) is 12.7. The normalized spacial score (nSPS) is 11.3. The van der Waals surface area contributed by atoms with Gasteiger partial charge >= 0.3 is 0 Å². The molecule has 0 bridgehead atoms. The second-order valence-corrected chi connectivity index (χ2v) is 4.38. The third kappa shape index (κ3) is 1.59. The van der Waals surface area contributed by atoms with Crippen LogP contribution < -0.4 is 0 Å². The highest BCUT2D eigenvalue weighted by Gasteiger charge is 2.12. The number of hydrogen-bond donors (Lipinski definition) is 1. The minimum absolute atomic E-state index is 0.759. The van der Waals surface area contributed by atoms with Gasteiger partial charge in [-0.2, -0.15) is 0 Å². The molecule has 0 saturated carbocycles. The van der Waals surface area contributed by atoms with Crippen LogP contribution in [0, 0.1) is 13.8 Å². The van der Waals surface area contributed by atoms with E-state index in [0.717, 1.165) is 40.6 Å². The maximum atomic E-state index is 4.56. The van der Waals surface area contributed by atoms with E-state index in [0.29, 0.717) is 0 Å². The smallest absolute Gasteiger partial charge is 0.151 e. The fourth-order valence-electron chi connectivity index (χ4n) is 2.21. The summed E-state index contributed by atoms with van der Waals surface area (Å²) < 4.78 is 2.03. The molecule has 0 radical (unpaired) electrons. The van der Waals surface area contributed by atoms with E-state index in [1.54, 1.807) is 0 Å². The van der Waals surface area contributed by atoms with Gasteiger partial charge in [0.05, 0.1) is 5.39 Å². The number of nitrogens with one attached hydrogen (secondary N) is 1. The van der Waals surface area contributed by atoms with Crippen molar-refractivity contribution in [3.63, 3.8) is 0 Å². The molecule has 3 heterocycles. The quantitative estimate of drug-likeness (QED) is 0.749. The number of H-pyrrole nitrogens is 1. The Labute approximate surface area is 105 Å². The molecule has 0 saturated heterocycles. The number of fused-ring (bicyclic) bond motifs is 1. The average molecular weight is 241 g/mol. The second kappa shape index (κ2) is 3.94. The Bertz CT molecular complexity index is 707. The van der Waals surface area contributed by atoms with Gasteiger partial charge in [-0.3, -0.25) is 4.57 Å². The number of hydrogen-bond acceptors (Lipinski definition) is 3. The van der Waals surface area contributed by atoms with Crippen LogP contribution in [0.15, 0.2) is 18.5 Å². The van der Waals surface area contributed by atoms with Crippen LogP contribution >= 0.6 is 0 Å². The van der Waals surface area contributed by atoms with Crippen molar-refractivity contribution >= 4 is 11.0 Å². The Morgan fingerprint density at radius 1 is 1.28 bits per heavy atom. The Hall–Kier alpha value is -2.17. The first-order chi connectivity index (χ1) is 8.69. The summed E-state index contributed by atoms with van der Waals surface area (Å²) in [7, 11) is 0. The fourth-order valence-corrected chi connectivity index (χ4v) is 2.21. The van der Waals surface area contributed by atoms with Gasteiger partial charge in [-0.25, -0.2) is 15.0 Å². The van der Waals surface area contributed by atoms with Crippen molar-refractivity contribution < 1.29 is 0 Å². The molecule has 3 aromatic rings. The van der Waals surface area contributed by atoms with Gasteiger partial charge in [0.2, 0.25) is 0 Å². The molecule has 3 rings (SSSR count). The van der Waals surface area contributed by atoms with Crippen LogP contribution in [0.25, 0.3) is 16.9 Å². The van der Waals surface area contributed by atoms with Crippen molar-refractivity contribution in [2.75, 3.05) is 0 Å². The summed E-state index contributed by atoms with van der Waals surface area (Å²) in [6.07, 6.45) is 4.63. The van der Waals surface area contributed by atoms with Crippen LogP contribution in [0.5, 0.6) is 0 Å². The summed E-state index contributed by atoms with van der Waals surface area (Å²) in [5, 5.41) is 1.03. The predicted molar refractivity (Wildman–Crippen MR) is 69.9 cm³/mol. The Kier molecular flexibility index (Phi) is 2.40. The van der Waals surface area contributed by atoms with Gasteiger partial charge < -0.3 is 4.98 Å². The molecule has 92 valence electrons. The SMILES string of the molecule is CCc1nccn1-c1nc(C)nc2[nH]c(C)cc12. The highest BCUT2D eigenvalue weighted by Crippen LogP contribution is 2.21. The van der Waals surface area contributed by atoms with Gasteiger partial charge in [-0.15, -0.1) is 0 Å². The number of imidazole rings is 1. The molecule has 0 unspecified atom stereocenters. The van der Waals surface area contributed by atoms with E-state index in [4.69, 9.17) is 0 Å². The molecular weight excluding hydrogens is 226 g/mol. The molecule has 0 aliphatic rings. The lowest BCUT2D eigenvalue weighted by atomic mass is 10.3. The molecule has 5 heteroatoms. The summed E-state index contributed by atoms with van der Waals surface area (Å²) in [6.45, 7) is 6.02. The zero-order valence-electron chi connectivity index (χ0n) is 10.7. The van der Waals surface area contributed by atoms with Gasteiger partial charge in [0.25, 0.3) is 0 Å². The van der Waals surface area contributed by atoms with Crippen LogP contribution in [-0.2, 0) is 6.42 Å². The van der Waals surface area contributed by atoms with Crippen LogP contribution in [0.3, 0.4) is 0 Å². The van der Waals surface area contributed by atoms with E-state index in [-0.39, 0.29) is 0 Å². The van der Waals surface area contributed by atoms with Crippen molar-refractivity contribution in [2.24, 2.45) is 0 Å². The lowest BCUT2D eigenvalue weighted by molar-refractivity contribution is 0.862. The molecule has 0 fully saturated rings. The van der Waals surface area contributed by atoms with E-state index in [2.05, 4.69) is 32.9 Å². The van der Waals surface area contributed by atoms with Gasteiger partial charge in [0, 0.05) is 24.5 Å². The number of aromatic amines is 1. The summed E-state index contributed by atoms with van der Waals surface area (Å²) in [4.78, 5) is 16.6. The largest absolute Gasteiger partial charge is 0.343 e. The van der Waals surface area contributed by atoms with Gasteiger partial charge in [-0.05, 0) is 19.9 Å². The topological polar surface area (TPSA) is 59.4 Å². The molecule has 0 spiro atoms. The summed E-state index contributed by atoms with van der Waals surface area (Å²) in [6, 6.07) is 2.07. The highest BCUT2D eigenvalue weighted by molar-refractivity contribution is 5.84. The first kappa shape index (κ1) is 11.0. The van der Waals surface area contributed by atoms with Crippen LogP contribution in [-0.4, -0.2) is 24.5 Å². The lowest BCUT2D eigenvalue weighted by Gasteiger charge is -2.07. The highest BCUT2D eigenvalue weighted by atomic mass is 15.1. The number of nitrogens with zero attached hydrogens (tertiary/aromatic N) is 4. The third-order valence-corrected chi connectivity index (χ3v) is 2.98. The molecular formula is C13H15N5. The molecule has 3 aromatic heterocycles.